The number of nitrogens with zero attached hydrogens (tertiary/aromatic N) is 2. The van der Waals surface area contributed by atoms with Gasteiger partial charge in [-0.25, -0.2) is 0 Å². The molecule has 5 aromatic carbocycles. The molecular formula is C39H33IrN2O2-. The van der Waals surface area contributed by atoms with Crippen LogP contribution in [-0.2, 0) is 31.3 Å². The van der Waals surface area contributed by atoms with Crippen LogP contribution < -0.4 is 0 Å². The van der Waals surface area contributed by atoms with Crippen LogP contribution in [0.3, 0.4) is 0 Å². The molecule has 44 heavy (non-hydrogen) atoms. The number of rotatable bonds is 5. The summed E-state index contributed by atoms with van der Waals surface area (Å²) in [6.45, 7) is 7.34. The average molecular weight is 754 g/mol. The molecular weight excluding hydrogens is 721 g/mol. The van der Waals surface area contributed by atoms with Gasteiger partial charge >= 0.3 is 0 Å². The zero-order valence-electron chi connectivity index (χ0n) is 25.2. The largest absolute Gasteiger partial charge is 0.512 e. The number of carbonyl (C=O) groups excluding carboxylic acids is 1. The van der Waals surface area contributed by atoms with Gasteiger partial charge in [0.1, 0.15) is 0 Å². The molecule has 0 aliphatic rings. The van der Waals surface area contributed by atoms with Crippen molar-refractivity contribution in [2.75, 3.05) is 0 Å². The zero-order valence-corrected chi connectivity index (χ0v) is 27.6. The Hall–Kier alpha value is -4.62. The Morgan fingerprint density at radius 3 is 2.18 bits per heavy atom. The van der Waals surface area contributed by atoms with Crippen LogP contribution in [-0.4, -0.2) is 15.9 Å². The predicted molar refractivity (Wildman–Crippen MR) is 177 cm³/mol. The number of hydrogen-bond donors (Lipinski definition) is 1. The van der Waals surface area contributed by atoms with Crippen molar-refractivity contribution in [3.63, 3.8) is 0 Å². The maximum Gasteiger partial charge on any atom is 0.155 e. The van der Waals surface area contributed by atoms with E-state index in [9.17, 15) is 10.1 Å². The fraction of sp³-hybridized carbons (Fsp3) is 0.154. The first-order valence-electron chi connectivity index (χ1n) is 14.4. The molecule has 1 aromatic heterocycles. The van der Waals surface area contributed by atoms with Gasteiger partial charge in [0.2, 0.25) is 0 Å². The number of hydrogen-bond acceptors (Lipinski definition) is 4. The normalized spacial score (nSPS) is 11.1. The van der Waals surface area contributed by atoms with Gasteiger partial charge in [0, 0.05) is 32.4 Å². The SMILES string of the molecule is CC(=O)/C=C(/C)O.CC(C)Cc1[c-]c(-c2nccc3c2ccc2c4ccc(C#N)cc4ccc32)cc(-c2ccccc2)c1.[Ir]. The molecule has 0 bridgehead atoms. The van der Waals surface area contributed by atoms with Gasteiger partial charge in [-0.15, -0.1) is 34.9 Å². The van der Waals surface area contributed by atoms with E-state index in [0.717, 1.165) is 33.8 Å². The van der Waals surface area contributed by atoms with Crippen LogP contribution in [0.15, 0.2) is 109 Å². The number of pyridine rings is 1. The number of aromatic nitrogens is 1. The Morgan fingerprint density at radius 2 is 1.52 bits per heavy atom. The molecule has 6 aromatic rings. The molecule has 221 valence electrons. The Bertz CT molecular complexity index is 2040. The number of allylic oxidation sites excluding steroid dienone is 2. The number of ketones is 1. The number of carbonyl (C=O) groups is 1. The standard InChI is InChI=1S/C34H25N2.C5H8O2.Ir/c1-22(2)16-24-18-27(25-6-4-3-5-7-25)20-28(19-24)34-33-13-12-30-29-10-8-23(21-35)17-26(29)9-11-31(30)32(33)14-15-36-34;1-4(6)3-5(2)7;/h3-15,17-18,20,22H,16H2,1-2H3;3,6H,1-2H3;/q-1;;/b;4-3-;. The van der Waals surface area contributed by atoms with Crippen LogP contribution in [0.5, 0.6) is 0 Å². The van der Waals surface area contributed by atoms with E-state index in [2.05, 4.69) is 105 Å². The van der Waals surface area contributed by atoms with Crippen LogP contribution in [0.1, 0.15) is 38.8 Å². The summed E-state index contributed by atoms with van der Waals surface area (Å²) in [5.74, 6) is 0.479. The summed E-state index contributed by atoms with van der Waals surface area (Å²) in [5, 5.41) is 24.6. The summed E-state index contributed by atoms with van der Waals surface area (Å²) in [4.78, 5) is 14.9. The number of aliphatic hydroxyl groups excluding tert-OH is 1. The molecule has 0 atom stereocenters. The van der Waals surface area contributed by atoms with Gasteiger partial charge in [0.25, 0.3) is 0 Å². The Labute approximate surface area is 272 Å². The summed E-state index contributed by atoms with van der Waals surface area (Å²) in [6, 6.07) is 37.6. The topological polar surface area (TPSA) is 74.0 Å². The summed E-state index contributed by atoms with van der Waals surface area (Å²) >= 11 is 0. The first-order valence-corrected chi connectivity index (χ1v) is 14.4. The van der Waals surface area contributed by atoms with E-state index in [4.69, 9.17) is 10.1 Å². The minimum Gasteiger partial charge on any atom is -0.512 e. The summed E-state index contributed by atoms with van der Waals surface area (Å²) in [7, 11) is 0. The third kappa shape index (κ3) is 7.29. The van der Waals surface area contributed by atoms with E-state index in [0.29, 0.717) is 11.5 Å². The fourth-order valence-electron chi connectivity index (χ4n) is 5.49. The van der Waals surface area contributed by atoms with E-state index in [1.54, 1.807) is 0 Å². The van der Waals surface area contributed by atoms with Gasteiger partial charge in [0.15, 0.2) is 5.78 Å². The molecule has 6 rings (SSSR count). The molecule has 0 unspecified atom stereocenters. The second-order valence-corrected chi connectivity index (χ2v) is 11.2. The second-order valence-electron chi connectivity index (χ2n) is 11.2. The van der Waals surface area contributed by atoms with Gasteiger partial charge < -0.3 is 10.1 Å². The molecule has 0 saturated carbocycles. The van der Waals surface area contributed by atoms with Gasteiger partial charge in [-0.05, 0) is 88.0 Å². The van der Waals surface area contributed by atoms with Crippen LogP contribution in [0, 0.1) is 23.3 Å². The van der Waals surface area contributed by atoms with E-state index in [1.165, 1.54) is 52.8 Å². The van der Waals surface area contributed by atoms with Gasteiger partial charge in [0.05, 0.1) is 17.4 Å². The molecule has 0 aliphatic carbocycles. The number of fused-ring (bicyclic) bond motifs is 5. The first-order chi connectivity index (χ1) is 20.7. The average Bonchev–Trinajstić information content (AvgIpc) is 2.99. The van der Waals surface area contributed by atoms with E-state index in [1.807, 2.05) is 18.3 Å². The van der Waals surface area contributed by atoms with E-state index < -0.39 is 0 Å². The van der Waals surface area contributed by atoms with Crippen molar-refractivity contribution in [2.24, 2.45) is 5.92 Å². The van der Waals surface area contributed by atoms with Crippen molar-refractivity contribution in [1.82, 2.24) is 4.98 Å². The van der Waals surface area contributed by atoms with Crippen molar-refractivity contribution >= 4 is 38.1 Å². The Balaban J connectivity index is 0.000000497. The molecule has 1 N–H and O–H groups in total. The zero-order chi connectivity index (χ0) is 30.5. The van der Waals surface area contributed by atoms with Crippen molar-refractivity contribution in [1.29, 1.82) is 5.26 Å². The van der Waals surface area contributed by atoms with Crippen molar-refractivity contribution in [3.05, 3.63) is 126 Å². The first kappa shape index (κ1) is 32.3. The quantitative estimate of drug-likeness (QED) is 0.0824. The second kappa shape index (κ2) is 14.2. The number of benzene rings is 5. The van der Waals surface area contributed by atoms with Crippen molar-refractivity contribution < 1.29 is 30.0 Å². The van der Waals surface area contributed by atoms with Crippen LogP contribution >= 0.6 is 0 Å². The van der Waals surface area contributed by atoms with Crippen LogP contribution in [0.2, 0.25) is 0 Å². The molecule has 5 heteroatoms. The fourth-order valence-corrected chi connectivity index (χ4v) is 5.49. The Morgan fingerprint density at radius 1 is 0.864 bits per heavy atom. The third-order valence-electron chi connectivity index (χ3n) is 7.21. The van der Waals surface area contributed by atoms with Crippen molar-refractivity contribution in [3.8, 4) is 28.5 Å². The molecule has 0 saturated heterocycles. The molecule has 1 radical (unpaired) electrons. The molecule has 0 aliphatic heterocycles. The maximum atomic E-state index is 10.0. The number of nitriles is 1. The van der Waals surface area contributed by atoms with Crippen molar-refractivity contribution in [2.45, 2.75) is 34.1 Å². The smallest absolute Gasteiger partial charge is 0.155 e. The van der Waals surface area contributed by atoms with Crippen LogP contribution in [0.4, 0.5) is 0 Å². The molecule has 4 nitrogen and oxygen atoms in total. The van der Waals surface area contributed by atoms with Gasteiger partial charge in [-0.3, -0.25) is 4.79 Å². The third-order valence-corrected chi connectivity index (χ3v) is 7.21. The summed E-state index contributed by atoms with van der Waals surface area (Å²) in [6.07, 6.45) is 4.04. The number of aliphatic hydroxyl groups is 1. The Kier molecular flexibility index (Phi) is 10.4. The van der Waals surface area contributed by atoms with Crippen LogP contribution in [0.25, 0.3) is 54.7 Å². The van der Waals surface area contributed by atoms with Gasteiger partial charge in [-0.1, -0.05) is 74.5 Å². The minimum absolute atomic E-state index is 0. The summed E-state index contributed by atoms with van der Waals surface area (Å²) in [5.41, 5.74) is 6.26. The maximum absolute atomic E-state index is 10.0. The van der Waals surface area contributed by atoms with Gasteiger partial charge in [-0.2, -0.15) is 5.26 Å². The molecule has 0 spiro atoms. The van der Waals surface area contributed by atoms with E-state index >= 15 is 0 Å². The predicted octanol–water partition coefficient (Wildman–Crippen LogP) is 9.78. The van der Waals surface area contributed by atoms with E-state index in [-0.39, 0.29) is 31.6 Å². The summed E-state index contributed by atoms with van der Waals surface area (Å²) < 4.78 is 0. The monoisotopic (exact) mass is 754 g/mol. The molecule has 0 fully saturated rings. The molecule has 1 heterocycles. The molecule has 0 amide bonds. The minimum atomic E-state index is -0.125.